The highest BCUT2D eigenvalue weighted by molar-refractivity contribution is 6.32. The van der Waals surface area contributed by atoms with Gasteiger partial charge in [-0.1, -0.05) is 11.6 Å². The number of aryl methyl sites for hydroxylation is 2. The van der Waals surface area contributed by atoms with Gasteiger partial charge in [0.1, 0.15) is 5.75 Å². The molecule has 1 heterocycles. The van der Waals surface area contributed by atoms with Crippen LogP contribution in [0.1, 0.15) is 43.2 Å². The van der Waals surface area contributed by atoms with E-state index in [9.17, 15) is 0 Å². The quantitative estimate of drug-likeness (QED) is 0.763. The van der Waals surface area contributed by atoms with Crippen LogP contribution in [0, 0.1) is 13.8 Å². The maximum atomic E-state index is 6.16. The maximum Gasteiger partial charge on any atom is 0.119 e. The summed E-state index contributed by atoms with van der Waals surface area (Å²) < 4.78 is 5.83. The van der Waals surface area contributed by atoms with Crippen molar-refractivity contribution < 1.29 is 9.64 Å². The van der Waals surface area contributed by atoms with Crippen molar-refractivity contribution in [3.8, 4) is 5.75 Å². The Balaban J connectivity index is 1.61. The summed E-state index contributed by atoms with van der Waals surface area (Å²) in [6, 6.07) is 4.06. The lowest BCUT2D eigenvalue weighted by molar-refractivity contribution is -0.887. The summed E-state index contributed by atoms with van der Waals surface area (Å²) in [5.74, 6) is 0.953. The molecule has 0 aromatic heterocycles. The van der Waals surface area contributed by atoms with Crippen molar-refractivity contribution in [2.75, 3.05) is 26.2 Å². The lowest BCUT2D eigenvalue weighted by atomic mass is 10.1. The highest BCUT2D eigenvalue weighted by Gasteiger charge is 2.13. The molecule has 1 aliphatic heterocycles. The van der Waals surface area contributed by atoms with Crippen molar-refractivity contribution in [3.63, 3.8) is 0 Å². The molecule has 0 radical (unpaired) electrons. The Morgan fingerprint density at radius 1 is 1.05 bits per heavy atom. The van der Waals surface area contributed by atoms with E-state index in [2.05, 4.69) is 0 Å². The number of likely N-dealkylation sites (tertiary alicyclic amines) is 1. The van der Waals surface area contributed by atoms with Crippen molar-refractivity contribution in [2.45, 2.75) is 46.0 Å². The molecule has 1 saturated heterocycles. The van der Waals surface area contributed by atoms with Crippen molar-refractivity contribution in [1.82, 2.24) is 0 Å². The van der Waals surface area contributed by atoms with Gasteiger partial charge in [0.05, 0.1) is 26.2 Å². The van der Waals surface area contributed by atoms with Gasteiger partial charge >= 0.3 is 0 Å². The third kappa shape index (κ3) is 4.68. The summed E-state index contributed by atoms with van der Waals surface area (Å²) in [5.41, 5.74) is 2.19. The first-order valence-corrected chi connectivity index (χ1v) is 8.28. The van der Waals surface area contributed by atoms with Gasteiger partial charge in [0.2, 0.25) is 0 Å². The summed E-state index contributed by atoms with van der Waals surface area (Å²) in [6.07, 6.45) is 6.60. The molecule has 1 N–H and O–H groups in total. The fraction of sp³-hybridized carbons (Fsp3) is 0.647. The van der Waals surface area contributed by atoms with Crippen LogP contribution in [0.25, 0.3) is 0 Å². The topological polar surface area (TPSA) is 13.7 Å². The molecule has 0 aliphatic carbocycles. The fourth-order valence-corrected chi connectivity index (χ4v) is 3.07. The minimum Gasteiger partial charge on any atom is -0.494 e. The van der Waals surface area contributed by atoms with Gasteiger partial charge in [-0.3, -0.25) is 0 Å². The first-order valence-electron chi connectivity index (χ1n) is 7.90. The van der Waals surface area contributed by atoms with Crippen LogP contribution in [0.5, 0.6) is 5.75 Å². The lowest BCUT2D eigenvalue weighted by Gasteiger charge is -2.12. The van der Waals surface area contributed by atoms with E-state index >= 15 is 0 Å². The molecular formula is C17H27ClNO+. The number of hydrogen-bond acceptors (Lipinski definition) is 1. The van der Waals surface area contributed by atoms with E-state index in [4.69, 9.17) is 16.3 Å². The first-order chi connectivity index (χ1) is 9.66. The molecule has 0 bridgehead atoms. The van der Waals surface area contributed by atoms with E-state index in [1.807, 2.05) is 26.0 Å². The van der Waals surface area contributed by atoms with Crippen LogP contribution in [0.15, 0.2) is 12.1 Å². The molecule has 2 rings (SSSR count). The third-order valence-corrected chi connectivity index (χ3v) is 4.76. The van der Waals surface area contributed by atoms with Crippen LogP contribution in [0.2, 0.25) is 5.02 Å². The zero-order valence-corrected chi connectivity index (χ0v) is 13.6. The number of rotatable bonds is 7. The Bertz CT molecular complexity index is 404. The molecule has 0 unspecified atom stereocenters. The Labute approximate surface area is 128 Å². The smallest absolute Gasteiger partial charge is 0.119 e. The van der Waals surface area contributed by atoms with Gasteiger partial charge in [0.15, 0.2) is 0 Å². The summed E-state index contributed by atoms with van der Waals surface area (Å²) in [4.78, 5) is 1.80. The molecule has 1 aromatic carbocycles. The Kier molecular flexibility index (Phi) is 6.18. The maximum absolute atomic E-state index is 6.16. The van der Waals surface area contributed by atoms with Gasteiger partial charge in [-0.2, -0.15) is 0 Å². The normalized spacial score (nSPS) is 15.8. The predicted octanol–water partition coefficient (Wildman–Crippen LogP) is 3.18. The van der Waals surface area contributed by atoms with Gasteiger partial charge in [-0.15, -0.1) is 0 Å². The molecule has 3 heteroatoms. The summed E-state index contributed by atoms with van der Waals surface area (Å²) >= 11 is 6.16. The number of ether oxygens (including phenoxy) is 1. The molecule has 0 saturated carbocycles. The van der Waals surface area contributed by atoms with Crippen LogP contribution in [0.4, 0.5) is 0 Å². The molecule has 0 atom stereocenters. The zero-order chi connectivity index (χ0) is 14.4. The van der Waals surface area contributed by atoms with Gasteiger partial charge in [-0.05, 0) is 56.4 Å². The molecule has 2 nitrogen and oxygen atoms in total. The second-order valence-corrected chi connectivity index (χ2v) is 6.37. The minimum absolute atomic E-state index is 0.815. The molecule has 0 amide bonds. The number of nitrogens with one attached hydrogen (secondary N) is 1. The number of quaternary nitrogens is 1. The SMILES string of the molecule is Cc1cc(OCCCCC[NH+]2CCCC2)cc(C)c1Cl. The highest BCUT2D eigenvalue weighted by Crippen LogP contribution is 2.25. The van der Waals surface area contributed by atoms with Crippen LogP contribution < -0.4 is 9.64 Å². The van der Waals surface area contributed by atoms with E-state index in [1.54, 1.807) is 4.90 Å². The Morgan fingerprint density at radius 2 is 1.70 bits per heavy atom. The van der Waals surface area contributed by atoms with Crippen molar-refractivity contribution >= 4 is 11.6 Å². The largest absolute Gasteiger partial charge is 0.494 e. The number of hydrogen-bond donors (Lipinski definition) is 1. The van der Waals surface area contributed by atoms with Crippen LogP contribution in [-0.4, -0.2) is 26.2 Å². The van der Waals surface area contributed by atoms with Crippen LogP contribution in [0.3, 0.4) is 0 Å². The van der Waals surface area contributed by atoms with Gasteiger partial charge in [-0.25, -0.2) is 0 Å². The fourth-order valence-electron chi connectivity index (χ4n) is 2.96. The molecule has 0 spiro atoms. The summed E-state index contributed by atoms with van der Waals surface area (Å²) in [6.45, 7) is 9.00. The second-order valence-electron chi connectivity index (χ2n) is 5.99. The number of halogens is 1. The van der Waals surface area contributed by atoms with E-state index in [0.29, 0.717) is 0 Å². The third-order valence-electron chi connectivity index (χ3n) is 4.16. The standard InChI is InChI=1S/C17H26ClNO/c1-14-12-16(13-15(2)17(14)18)20-11-7-3-4-8-19-9-5-6-10-19/h12-13H,3-11H2,1-2H3/p+1. The number of unbranched alkanes of at least 4 members (excludes halogenated alkanes) is 2. The molecule has 1 aromatic rings. The Hall–Kier alpha value is -0.730. The lowest BCUT2D eigenvalue weighted by Crippen LogP contribution is -3.09. The van der Waals surface area contributed by atoms with E-state index in [-0.39, 0.29) is 0 Å². The summed E-state index contributed by atoms with van der Waals surface area (Å²) in [7, 11) is 0. The molecule has 20 heavy (non-hydrogen) atoms. The van der Waals surface area contributed by atoms with Gasteiger partial charge in [0, 0.05) is 17.9 Å². The summed E-state index contributed by atoms with van der Waals surface area (Å²) in [5, 5.41) is 0.853. The second kappa shape index (κ2) is 7.90. The van der Waals surface area contributed by atoms with E-state index in [1.165, 1.54) is 45.3 Å². The predicted molar refractivity (Wildman–Crippen MR) is 85.1 cm³/mol. The number of benzene rings is 1. The van der Waals surface area contributed by atoms with E-state index < -0.39 is 0 Å². The highest BCUT2D eigenvalue weighted by atomic mass is 35.5. The van der Waals surface area contributed by atoms with Crippen LogP contribution >= 0.6 is 11.6 Å². The first kappa shape index (κ1) is 15.7. The van der Waals surface area contributed by atoms with Crippen molar-refractivity contribution in [2.24, 2.45) is 0 Å². The molecule has 112 valence electrons. The minimum atomic E-state index is 0.815. The average molecular weight is 297 g/mol. The monoisotopic (exact) mass is 296 g/mol. The molecular weight excluding hydrogens is 270 g/mol. The van der Waals surface area contributed by atoms with Gasteiger partial charge < -0.3 is 9.64 Å². The molecule has 1 aliphatic rings. The zero-order valence-electron chi connectivity index (χ0n) is 12.8. The average Bonchev–Trinajstić information content (AvgIpc) is 2.93. The Morgan fingerprint density at radius 3 is 2.35 bits per heavy atom. The van der Waals surface area contributed by atoms with Gasteiger partial charge in [0.25, 0.3) is 0 Å². The molecule has 1 fully saturated rings. The van der Waals surface area contributed by atoms with Crippen LogP contribution in [-0.2, 0) is 0 Å². The van der Waals surface area contributed by atoms with Crippen molar-refractivity contribution in [1.29, 1.82) is 0 Å². The van der Waals surface area contributed by atoms with E-state index in [0.717, 1.165) is 34.9 Å². The van der Waals surface area contributed by atoms with Crippen molar-refractivity contribution in [3.05, 3.63) is 28.3 Å².